The number of hydrogen-bond donors (Lipinski definition) is 1. The van der Waals surface area contributed by atoms with Crippen molar-refractivity contribution in [3.05, 3.63) is 42.5 Å². The zero-order valence-corrected chi connectivity index (χ0v) is 8.74. The number of nitrogen functional groups attached to an aromatic ring is 1. The predicted octanol–water partition coefficient (Wildman–Crippen LogP) is 1.93. The number of likely N-dealkylation sites (N-methyl/N-ethyl adjacent to an activating group) is 1. The van der Waals surface area contributed by atoms with E-state index in [2.05, 4.69) is 24.6 Å². The van der Waals surface area contributed by atoms with E-state index in [-0.39, 0.29) is 0 Å². The summed E-state index contributed by atoms with van der Waals surface area (Å²) in [6.45, 7) is 5.68. The maximum Gasteiger partial charge on any atom is 0.0316 e. The van der Waals surface area contributed by atoms with E-state index in [4.69, 9.17) is 5.73 Å². The number of hydrogen-bond acceptors (Lipinski definition) is 2. The number of nitrogens with zero attached hydrogens (tertiary/aromatic N) is 1. The smallest absolute Gasteiger partial charge is 0.0316 e. The van der Waals surface area contributed by atoms with Gasteiger partial charge in [0.15, 0.2) is 0 Å². The lowest BCUT2D eigenvalue weighted by Crippen LogP contribution is -2.20. The van der Waals surface area contributed by atoms with E-state index in [0.29, 0.717) is 0 Å². The van der Waals surface area contributed by atoms with E-state index in [1.807, 2.05) is 24.3 Å². The Balaban J connectivity index is 2.41. The normalized spacial score (nSPS) is 10.4. The highest BCUT2D eigenvalue weighted by atomic mass is 15.1. The van der Waals surface area contributed by atoms with Crippen LogP contribution in [0.4, 0.5) is 5.69 Å². The maximum atomic E-state index is 5.69. The Morgan fingerprint density at radius 2 is 2.29 bits per heavy atom. The largest absolute Gasteiger partial charge is 0.399 e. The van der Waals surface area contributed by atoms with Crippen LogP contribution in [0.25, 0.3) is 0 Å². The van der Waals surface area contributed by atoms with Gasteiger partial charge >= 0.3 is 0 Å². The van der Waals surface area contributed by atoms with Crippen LogP contribution >= 0.6 is 0 Å². The van der Waals surface area contributed by atoms with E-state index < -0.39 is 0 Å². The molecule has 0 heterocycles. The number of nitrogens with two attached hydrogens (primary N) is 1. The molecule has 0 atom stereocenters. The van der Waals surface area contributed by atoms with Crippen LogP contribution in [0, 0.1) is 0 Å². The molecule has 0 aliphatic rings. The minimum Gasteiger partial charge on any atom is -0.399 e. The molecule has 0 aliphatic carbocycles. The van der Waals surface area contributed by atoms with E-state index in [0.717, 1.165) is 25.2 Å². The van der Waals surface area contributed by atoms with Crippen molar-refractivity contribution in [2.45, 2.75) is 6.42 Å². The summed E-state index contributed by atoms with van der Waals surface area (Å²) in [4.78, 5) is 2.23. The fraction of sp³-hybridized carbons (Fsp3) is 0.333. The molecule has 76 valence electrons. The third kappa shape index (κ3) is 3.62. The summed E-state index contributed by atoms with van der Waals surface area (Å²) >= 11 is 0. The first-order valence-corrected chi connectivity index (χ1v) is 4.86. The molecule has 1 aromatic rings. The number of rotatable bonds is 5. The lowest BCUT2D eigenvalue weighted by atomic mass is 10.1. The second kappa shape index (κ2) is 5.45. The fourth-order valence-electron chi connectivity index (χ4n) is 1.38. The zero-order valence-electron chi connectivity index (χ0n) is 8.74. The Hall–Kier alpha value is -1.28. The number of anilines is 1. The summed E-state index contributed by atoms with van der Waals surface area (Å²) in [5.41, 5.74) is 7.83. The molecule has 0 aliphatic heterocycles. The molecule has 0 saturated carbocycles. The molecular formula is C12H18N2. The molecule has 1 rings (SSSR count). The number of benzene rings is 1. The molecule has 0 amide bonds. The van der Waals surface area contributed by atoms with Crippen molar-refractivity contribution in [2.24, 2.45) is 0 Å². The van der Waals surface area contributed by atoms with Crippen LogP contribution < -0.4 is 5.73 Å². The Morgan fingerprint density at radius 3 is 2.93 bits per heavy atom. The van der Waals surface area contributed by atoms with Gasteiger partial charge in [0.25, 0.3) is 0 Å². The zero-order chi connectivity index (χ0) is 10.4. The van der Waals surface area contributed by atoms with Gasteiger partial charge in [-0.05, 0) is 31.2 Å². The SMILES string of the molecule is C=CCN(C)CCc1cccc(N)c1. The van der Waals surface area contributed by atoms with Crippen molar-refractivity contribution in [1.29, 1.82) is 0 Å². The molecule has 2 heteroatoms. The summed E-state index contributed by atoms with van der Waals surface area (Å²) in [5, 5.41) is 0. The molecule has 1 aromatic carbocycles. The Labute approximate surface area is 86.0 Å². The Bertz CT molecular complexity index is 294. The van der Waals surface area contributed by atoms with Gasteiger partial charge in [0.2, 0.25) is 0 Å². The van der Waals surface area contributed by atoms with Crippen LogP contribution in [-0.2, 0) is 6.42 Å². The Morgan fingerprint density at radius 1 is 1.50 bits per heavy atom. The molecule has 0 radical (unpaired) electrons. The van der Waals surface area contributed by atoms with Gasteiger partial charge in [-0.1, -0.05) is 18.2 Å². The first-order valence-electron chi connectivity index (χ1n) is 4.86. The summed E-state index contributed by atoms with van der Waals surface area (Å²) in [7, 11) is 2.09. The topological polar surface area (TPSA) is 29.3 Å². The van der Waals surface area contributed by atoms with Crippen molar-refractivity contribution in [2.75, 3.05) is 25.9 Å². The van der Waals surface area contributed by atoms with Crippen molar-refractivity contribution < 1.29 is 0 Å². The van der Waals surface area contributed by atoms with E-state index in [9.17, 15) is 0 Å². The summed E-state index contributed by atoms with van der Waals surface area (Å²) in [5.74, 6) is 0. The van der Waals surface area contributed by atoms with Crippen molar-refractivity contribution >= 4 is 5.69 Å². The molecule has 0 fully saturated rings. The van der Waals surface area contributed by atoms with E-state index in [1.165, 1.54) is 5.56 Å². The first kappa shape index (κ1) is 10.8. The third-order valence-corrected chi connectivity index (χ3v) is 2.17. The highest BCUT2D eigenvalue weighted by Crippen LogP contribution is 2.07. The minimum atomic E-state index is 0.842. The van der Waals surface area contributed by atoms with Gasteiger partial charge in [-0.3, -0.25) is 0 Å². The van der Waals surface area contributed by atoms with Gasteiger partial charge in [0.1, 0.15) is 0 Å². The monoisotopic (exact) mass is 190 g/mol. The van der Waals surface area contributed by atoms with Crippen LogP contribution in [0.5, 0.6) is 0 Å². The molecule has 14 heavy (non-hydrogen) atoms. The summed E-state index contributed by atoms with van der Waals surface area (Å²) < 4.78 is 0. The van der Waals surface area contributed by atoms with Gasteiger partial charge < -0.3 is 10.6 Å². The molecular weight excluding hydrogens is 172 g/mol. The van der Waals surface area contributed by atoms with Crippen LogP contribution in [0.2, 0.25) is 0 Å². The van der Waals surface area contributed by atoms with Gasteiger partial charge in [-0.2, -0.15) is 0 Å². The highest BCUT2D eigenvalue weighted by molar-refractivity contribution is 5.40. The molecule has 0 aromatic heterocycles. The Kier molecular flexibility index (Phi) is 4.20. The van der Waals surface area contributed by atoms with Crippen molar-refractivity contribution in [3.8, 4) is 0 Å². The third-order valence-electron chi connectivity index (χ3n) is 2.17. The summed E-state index contributed by atoms with van der Waals surface area (Å²) in [6, 6.07) is 8.05. The van der Waals surface area contributed by atoms with E-state index in [1.54, 1.807) is 0 Å². The second-order valence-corrected chi connectivity index (χ2v) is 3.55. The second-order valence-electron chi connectivity index (χ2n) is 3.55. The summed E-state index contributed by atoms with van der Waals surface area (Å²) in [6.07, 6.45) is 2.95. The molecule has 0 spiro atoms. The molecule has 0 saturated heterocycles. The predicted molar refractivity (Wildman–Crippen MR) is 62.3 cm³/mol. The van der Waals surface area contributed by atoms with Crippen LogP contribution in [0.3, 0.4) is 0 Å². The van der Waals surface area contributed by atoms with Crippen molar-refractivity contribution in [3.63, 3.8) is 0 Å². The van der Waals surface area contributed by atoms with Gasteiger partial charge in [0.05, 0.1) is 0 Å². The standard InChI is InChI=1S/C12H18N2/c1-3-8-14(2)9-7-11-5-4-6-12(13)10-11/h3-6,10H,1,7-9,13H2,2H3. The minimum absolute atomic E-state index is 0.842. The molecule has 0 bridgehead atoms. The molecule has 2 N–H and O–H groups in total. The van der Waals surface area contributed by atoms with E-state index >= 15 is 0 Å². The average molecular weight is 190 g/mol. The van der Waals surface area contributed by atoms with Crippen LogP contribution in [-0.4, -0.2) is 25.0 Å². The lowest BCUT2D eigenvalue weighted by molar-refractivity contribution is 0.375. The highest BCUT2D eigenvalue weighted by Gasteiger charge is 1.97. The fourth-order valence-corrected chi connectivity index (χ4v) is 1.38. The maximum absolute atomic E-state index is 5.69. The van der Waals surface area contributed by atoms with Gasteiger partial charge in [0, 0.05) is 18.8 Å². The van der Waals surface area contributed by atoms with Crippen LogP contribution in [0.15, 0.2) is 36.9 Å². The van der Waals surface area contributed by atoms with Gasteiger partial charge in [-0.15, -0.1) is 6.58 Å². The van der Waals surface area contributed by atoms with Crippen molar-refractivity contribution in [1.82, 2.24) is 4.90 Å². The first-order chi connectivity index (χ1) is 6.72. The average Bonchev–Trinajstić information content (AvgIpc) is 2.15. The lowest BCUT2D eigenvalue weighted by Gasteiger charge is -2.13. The van der Waals surface area contributed by atoms with Crippen LogP contribution in [0.1, 0.15) is 5.56 Å². The quantitative estimate of drug-likeness (QED) is 0.568. The molecule has 0 unspecified atom stereocenters. The molecule has 2 nitrogen and oxygen atoms in total. The van der Waals surface area contributed by atoms with Gasteiger partial charge in [-0.25, -0.2) is 0 Å².